The van der Waals surface area contributed by atoms with E-state index in [1.165, 1.54) is 50.9 Å². The summed E-state index contributed by atoms with van der Waals surface area (Å²) in [4.78, 5) is 21.7. The zero-order chi connectivity index (χ0) is 25.5. The maximum Gasteiger partial charge on any atom is 0.251 e. The number of anilines is 3. The van der Waals surface area contributed by atoms with Crippen LogP contribution in [0.3, 0.4) is 0 Å². The molecule has 0 spiro atoms. The molecule has 194 valence electrons. The summed E-state index contributed by atoms with van der Waals surface area (Å²) in [6, 6.07) is 19.5. The van der Waals surface area contributed by atoms with Gasteiger partial charge in [-0.05, 0) is 92.9 Å². The third-order valence-electron chi connectivity index (χ3n) is 8.39. The lowest BCUT2D eigenvalue weighted by atomic mass is 9.99. The fraction of sp³-hybridized carbons (Fsp3) is 0.367. The van der Waals surface area contributed by atoms with Crippen LogP contribution in [0, 0.1) is 0 Å². The van der Waals surface area contributed by atoms with Crippen LogP contribution in [0.2, 0.25) is 0 Å². The molecule has 8 heteroatoms. The fourth-order valence-corrected chi connectivity index (χ4v) is 6.30. The number of benzene rings is 2. The van der Waals surface area contributed by atoms with Gasteiger partial charge in [0.15, 0.2) is 5.65 Å². The van der Waals surface area contributed by atoms with Crippen LogP contribution in [0.25, 0.3) is 16.9 Å². The molecule has 0 aliphatic carbocycles. The zero-order valence-electron chi connectivity index (χ0n) is 21.6. The van der Waals surface area contributed by atoms with Crippen LogP contribution in [0.15, 0.2) is 60.9 Å². The first-order valence-electron chi connectivity index (χ1n) is 13.8. The molecule has 0 bridgehead atoms. The van der Waals surface area contributed by atoms with Gasteiger partial charge in [-0.1, -0.05) is 12.5 Å². The van der Waals surface area contributed by atoms with Crippen LogP contribution < -0.4 is 15.5 Å². The van der Waals surface area contributed by atoms with E-state index in [1.807, 2.05) is 16.6 Å². The second-order valence-electron chi connectivity index (χ2n) is 10.7. The minimum atomic E-state index is -0.00930. The standard InChI is InChI=1S/C30H33N7O/c38-30-26-9-4-21(18-22(26)19-31-30)28-11-10-27(29-32-20-33-37(28)29)34-23-5-7-24(8-6-23)36-16-12-25(13-17-36)35-14-2-1-3-15-35/h4-11,18,20,25,34H,1-3,12-17,19H2,(H,31,38). The van der Waals surface area contributed by atoms with E-state index in [-0.39, 0.29) is 5.91 Å². The molecule has 3 aliphatic rings. The number of nitrogens with one attached hydrogen (secondary N) is 2. The first-order valence-corrected chi connectivity index (χ1v) is 13.8. The molecule has 5 heterocycles. The molecule has 2 N–H and O–H groups in total. The highest BCUT2D eigenvalue weighted by molar-refractivity contribution is 5.98. The Labute approximate surface area is 222 Å². The maximum atomic E-state index is 11.9. The largest absolute Gasteiger partial charge is 0.371 e. The summed E-state index contributed by atoms with van der Waals surface area (Å²) in [5.41, 5.74) is 7.69. The molecule has 0 saturated carbocycles. The van der Waals surface area contributed by atoms with Crippen molar-refractivity contribution in [3.63, 3.8) is 0 Å². The molecule has 38 heavy (non-hydrogen) atoms. The first-order chi connectivity index (χ1) is 18.7. The van der Waals surface area contributed by atoms with Gasteiger partial charge in [0.25, 0.3) is 5.91 Å². The summed E-state index contributed by atoms with van der Waals surface area (Å²) in [5, 5.41) is 10.9. The Morgan fingerprint density at radius 1 is 0.895 bits per heavy atom. The van der Waals surface area contributed by atoms with Crippen molar-refractivity contribution >= 4 is 28.6 Å². The Morgan fingerprint density at radius 2 is 1.71 bits per heavy atom. The van der Waals surface area contributed by atoms with Gasteiger partial charge in [0.05, 0.1) is 11.4 Å². The Balaban J connectivity index is 1.05. The van der Waals surface area contributed by atoms with E-state index in [1.54, 1.807) is 6.33 Å². The lowest BCUT2D eigenvalue weighted by Crippen LogP contribution is -2.46. The Hall–Kier alpha value is -3.91. The molecule has 2 saturated heterocycles. The monoisotopic (exact) mass is 507 g/mol. The van der Waals surface area contributed by atoms with Gasteiger partial charge < -0.3 is 20.4 Å². The average molecular weight is 508 g/mol. The van der Waals surface area contributed by atoms with Gasteiger partial charge in [-0.15, -0.1) is 0 Å². The fourth-order valence-electron chi connectivity index (χ4n) is 6.30. The van der Waals surface area contributed by atoms with Crippen molar-refractivity contribution in [1.82, 2.24) is 24.8 Å². The van der Waals surface area contributed by atoms with Crippen LogP contribution in [0.4, 0.5) is 17.1 Å². The molecule has 2 aromatic heterocycles. The number of aromatic nitrogens is 3. The number of amides is 1. The molecule has 0 unspecified atom stereocenters. The van der Waals surface area contributed by atoms with Crippen molar-refractivity contribution < 1.29 is 4.79 Å². The second kappa shape index (κ2) is 9.76. The summed E-state index contributed by atoms with van der Waals surface area (Å²) in [6.45, 7) is 5.40. The van der Waals surface area contributed by atoms with E-state index < -0.39 is 0 Å². The summed E-state index contributed by atoms with van der Waals surface area (Å²) >= 11 is 0. The van der Waals surface area contributed by atoms with Crippen LogP contribution in [-0.2, 0) is 6.54 Å². The molecule has 3 aliphatic heterocycles. The zero-order valence-corrected chi connectivity index (χ0v) is 21.6. The van der Waals surface area contributed by atoms with E-state index in [9.17, 15) is 4.79 Å². The third kappa shape index (κ3) is 4.28. The van der Waals surface area contributed by atoms with E-state index in [4.69, 9.17) is 0 Å². The molecular formula is C30H33N7O. The SMILES string of the molecule is O=C1NCc2cc(-c3ccc(Nc4ccc(N5CCC(N6CCCCC6)CC5)cc4)c4ncnn34)ccc21. The lowest BCUT2D eigenvalue weighted by molar-refractivity contribution is 0.0965. The quantitative estimate of drug-likeness (QED) is 0.403. The predicted octanol–water partition coefficient (Wildman–Crippen LogP) is 4.84. The van der Waals surface area contributed by atoms with Gasteiger partial charge in [0.2, 0.25) is 0 Å². The molecule has 2 aromatic carbocycles. The molecule has 1 amide bonds. The number of nitrogens with zero attached hydrogens (tertiary/aromatic N) is 5. The highest BCUT2D eigenvalue weighted by atomic mass is 16.1. The third-order valence-corrected chi connectivity index (χ3v) is 8.39. The molecule has 7 rings (SSSR count). The van der Waals surface area contributed by atoms with Crippen molar-refractivity contribution in [2.75, 3.05) is 36.4 Å². The van der Waals surface area contributed by atoms with E-state index >= 15 is 0 Å². The Kier molecular flexibility index (Phi) is 5.96. The van der Waals surface area contributed by atoms with Gasteiger partial charge in [0, 0.05) is 48.2 Å². The van der Waals surface area contributed by atoms with Crippen LogP contribution >= 0.6 is 0 Å². The number of fused-ring (bicyclic) bond motifs is 2. The average Bonchev–Trinajstić information content (AvgIpc) is 3.62. The van der Waals surface area contributed by atoms with Crippen molar-refractivity contribution in [3.8, 4) is 11.3 Å². The number of likely N-dealkylation sites (tertiary alicyclic amines) is 1. The Bertz CT molecular complexity index is 1460. The molecule has 2 fully saturated rings. The Morgan fingerprint density at radius 3 is 2.53 bits per heavy atom. The van der Waals surface area contributed by atoms with Crippen molar-refractivity contribution in [3.05, 3.63) is 72.1 Å². The molecule has 4 aromatic rings. The van der Waals surface area contributed by atoms with Crippen LogP contribution in [-0.4, -0.2) is 57.6 Å². The maximum absolute atomic E-state index is 11.9. The highest BCUT2D eigenvalue weighted by Crippen LogP contribution is 2.30. The number of carbonyl (C=O) groups is 1. The van der Waals surface area contributed by atoms with Gasteiger partial charge in [-0.25, -0.2) is 9.50 Å². The minimum Gasteiger partial charge on any atom is -0.371 e. The lowest BCUT2D eigenvalue weighted by Gasteiger charge is -2.41. The smallest absolute Gasteiger partial charge is 0.251 e. The summed E-state index contributed by atoms with van der Waals surface area (Å²) in [6.07, 6.45) is 8.23. The molecular weight excluding hydrogens is 474 g/mol. The number of piperidine rings is 2. The van der Waals surface area contributed by atoms with Crippen molar-refractivity contribution in [1.29, 1.82) is 0 Å². The number of hydrogen-bond acceptors (Lipinski definition) is 6. The van der Waals surface area contributed by atoms with Gasteiger partial charge in [-0.2, -0.15) is 5.10 Å². The van der Waals surface area contributed by atoms with E-state index in [0.717, 1.165) is 58.5 Å². The van der Waals surface area contributed by atoms with Crippen molar-refractivity contribution in [2.45, 2.75) is 44.7 Å². The first kappa shape index (κ1) is 23.2. The predicted molar refractivity (Wildman–Crippen MR) is 150 cm³/mol. The topological polar surface area (TPSA) is 77.8 Å². The number of hydrogen-bond donors (Lipinski definition) is 2. The van der Waals surface area contributed by atoms with Crippen molar-refractivity contribution in [2.24, 2.45) is 0 Å². The van der Waals surface area contributed by atoms with Crippen LogP contribution in [0.1, 0.15) is 48.0 Å². The van der Waals surface area contributed by atoms with Crippen LogP contribution in [0.5, 0.6) is 0 Å². The van der Waals surface area contributed by atoms with Gasteiger partial charge in [0.1, 0.15) is 6.33 Å². The highest BCUT2D eigenvalue weighted by Gasteiger charge is 2.26. The number of pyridine rings is 1. The minimum absolute atomic E-state index is 0.00930. The van der Waals surface area contributed by atoms with Gasteiger partial charge >= 0.3 is 0 Å². The van der Waals surface area contributed by atoms with E-state index in [0.29, 0.717) is 6.54 Å². The summed E-state index contributed by atoms with van der Waals surface area (Å²) in [5.74, 6) is -0.00930. The molecule has 0 radical (unpaired) electrons. The van der Waals surface area contributed by atoms with Gasteiger partial charge in [-0.3, -0.25) is 4.79 Å². The summed E-state index contributed by atoms with van der Waals surface area (Å²) < 4.78 is 1.86. The van der Waals surface area contributed by atoms with E-state index in [2.05, 4.69) is 73.0 Å². The molecule has 0 atom stereocenters. The second-order valence-corrected chi connectivity index (χ2v) is 10.7. The summed E-state index contributed by atoms with van der Waals surface area (Å²) in [7, 11) is 0. The normalized spacial score (nSPS) is 18.5. The number of carbonyl (C=O) groups excluding carboxylic acids is 1. The number of rotatable bonds is 5. The molecule has 8 nitrogen and oxygen atoms in total.